The van der Waals surface area contributed by atoms with Crippen molar-refractivity contribution in [3.05, 3.63) is 18.0 Å². The summed E-state index contributed by atoms with van der Waals surface area (Å²) in [6.45, 7) is 2.77. The van der Waals surface area contributed by atoms with Crippen LogP contribution in [-0.4, -0.2) is 45.1 Å². The van der Waals surface area contributed by atoms with Crippen molar-refractivity contribution < 1.29 is 9.59 Å². The van der Waals surface area contributed by atoms with E-state index in [0.29, 0.717) is 19.0 Å². The lowest BCUT2D eigenvalue weighted by molar-refractivity contribution is -0.129. The van der Waals surface area contributed by atoms with Gasteiger partial charge in [-0.1, -0.05) is 25.7 Å². The lowest BCUT2D eigenvalue weighted by Crippen LogP contribution is -2.41. The number of aryl methyl sites for hydroxylation is 1. The van der Waals surface area contributed by atoms with Crippen molar-refractivity contribution in [1.82, 2.24) is 20.0 Å². The molecular weight excluding hydrogens is 292 g/mol. The van der Waals surface area contributed by atoms with Gasteiger partial charge in [0, 0.05) is 25.2 Å². The summed E-state index contributed by atoms with van der Waals surface area (Å²) >= 11 is 0. The quantitative estimate of drug-likeness (QED) is 0.858. The fourth-order valence-electron chi connectivity index (χ4n) is 3.72. The van der Waals surface area contributed by atoms with Crippen molar-refractivity contribution in [2.45, 2.75) is 70.5 Å². The van der Waals surface area contributed by atoms with Gasteiger partial charge < -0.3 is 10.2 Å². The average Bonchev–Trinajstić information content (AvgIpc) is 2.95. The van der Waals surface area contributed by atoms with Crippen LogP contribution in [0.15, 0.2) is 12.3 Å². The Morgan fingerprint density at radius 3 is 2.70 bits per heavy atom. The summed E-state index contributed by atoms with van der Waals surface area (Å²) < 4.78 is 1.63. The molecule has 1 saturated carbocycles. The van der Waals surface area contributed by atoms with Crippen LogP contribution in [0.2, 0.25) is 0 Å². The predicted molar refractivity (Wildman–Crippen MR) is 86.7 cm³/mol. The molecule has 1 unspecified atom stereocenters. The first kappa shape index (κ1) is 16.0. The molecule has 1 saturated heterocycles. The second-order valence-corrected chi connectivity index (χ2v) is 6.81. The minimum atomic E-state index is -0.0754. The standard InChI is InChI=1S/C17H26N4O2/c1-13-8-9-20(19-13)12-16(22)18-14-10-17(23)21(11-14)15-6-4-2-3-5-7-15/h8-9,14-15H,2-7,10-12H2,1H3,(H,18,22). The third-order valence-electron chi connectivity index (χ3n) is 4.87. The van der Waals surface area contributed by atoms with Crippen LogP contribution in [0.4, 0.5) is 0 Å². The van der Waals surface area contributed by atoms with Crippen molar-refractivity contribution in [2.75, 3.05) is 6.54 Å². The fraction of sp³-hybridized carbons (Fsp3) is 0.706. The molecule has 1 aromatic rings. The minimum absolute atomic E-state index is 0.0603. The average molecular weight is 318 g/mol. The molecule has 2 aliphatic rings. The summed E-state index contributed by atoms with van der Waals surface area (Å²) in [6, 6.07) is 2.19. The van der Waals surface area contributed by atoms with Gasteiger partial charge in [0.1, 0.15) is 6.54 Å². The molecule has 0 aromatic carbocycles. The smallest absolute Gasteiger partial charge is 0.242 e. The number of hydrogen-bond acceptors (Lipinski definition) is 3. The van der Waals surface area contributed by atoms with E-state index in [1.807, 2.05) is 17.9 Å². The second kappa shape index (κ2) is 7.15. The Morgan fingerprint density at radius 2 is 2.04 bits per heavy atom. The Labute approximate surface area is 137 Å². The van der Waals surface area contributed by atoms with Crippen molar-refractivity contribution in [3.8, 4) is 0 Å². The highest BCUT2D eigenvalue weighted by Gasteiger charge is 2.35. The largest absolute Gasteiger partial charge is 0.349 e. The fourth-order valence-corrected chi connectivity index (χ4v) is 3.72. The van der Waals surface area contributed by atoms with Gasteiger partial charge in [-0.25, -0.2) is 0 Å². The number of aromatic nitrogens is 2. The van der Waals surface area contributed by atoms with Crippen LogP contribution in [-0.2, 0) is 16.1 Å². The number of carbonyl (C=O) groups excluding carboxylic acids is 2. The maximum absolute atomic E-state index is 12.3. The highest BCUT2D eigenvalue weighted by atomic mass is 16.2. The highest BCUT2D eigenvalue weighted by Crippen LogP contribution is 2.25. The van der Waals surface area contributed by atoms with Gasteiger partial charge in [-0.05, 0) is 25.8 Å². The van der Waals surface area contributed by atoms with Crippen LogP contribution < -0.4 is 5.32 Å². The third-order valence-corrected chi connectivity index (χ3v) is 4.87. The molecule has 2 fully saturated rings. The Kier molecular flexibility index (Phi) is 4.98. The molecule has 126 valence electrons. The SMILES string of the molecule is Cc1ccn(CC(=O)NC2CC(=O)N(C3CCCCCC3)C2)n1. The summed E-state index contributed by atoms with van der Waals surface area (Å²) in [5, 5.41) is 7.21. The lowest BCUT2D eigenvalue weighted by atomic mass is 10.1. The number of nitrogens with zero attached hydrogens (tertiary/aromatic N) is 3. The van der Waals surface area contributed by atoms with Crippen molar-refractivity contribution in [1.29, 1.82) is 0 Å². The molecule has 0 spiro atoms. The van der Waals surface area contributed by atoms with E-state index in [0.717, 1.165) is 18.5 Å². The van der Waals surface area contributed by atoms with Crippen LogP contribution in [0.3, 0.4) is 0 Å². The van der Waals surface area contributed by atoms with Crippen LogP contribution in [0, 0.1) is 6.92 Å². The minimum Gasteiger partial charge on any atom is -0.349 e. The molecule has 1 atom stereocenters. The van der Waals surface area contributed by atoms with E-state index in [1.54, 1.807) is 10.9 Å². The van der Waals surface area contributed by atoms with E-state index in [-0.39, 0.29) is 24.4 Å². The Bertz CT molecular complexity index is 561. The molecule has 2 heterocycles. The van der Waals surface area contributed by atoms with Gasteiger partial charge in [-0.15, -0.1) is 0 Å². The van der Waals surface area contributed by atoms with Crippen LogP contribution in [0.1, 0.15) is 50.6 Å². The van der Waals surface area contributed by atoms with E-state index < -0.39 is 0 Å². The van der Waals surface area contributed by atoms with Crippen molar-refractivity contribution in [3.63, 3.8) is 0 Å². The number of carbonyl (C=O) groups is 2. The zero-order valence-corrected chi connectivity index (χ0v) is 13.8. The summed E-state index contributed by atoms with van der Waals surface area (Å²) in [7, 11) is 0. The Hall–Kier alpha value is -1.85. The molecule has 1 N–H and O–H groups in total. The van der Waals surface area contributed by atoms with E-state index in [9.17, 15) is 9.59 Å². The first-order valence-electron chi connectivity index (χ1n) is 8.71. The number of nitrogens with one attached hydrogen (secondary N) is 1. The van der Waals surface area contributed by atoms with Gasteiger partial charge in [0.15, 0.2) is 0 Å². The molecule has 0 bridgehead atoms. The van der Waals surface area contributed by atoms with Crippen molar-refractivity contribution >= 4 is 11.8 Å². The lowest BCUT2D eigenvalue weighted by Gasteiger charge is -2.27. The zero-order chi connectivity index (χ0) is 16.2. The third kappa shape index (κ3) is 4.12. The first-order valence-corrected chi connectivity index (χ1v) is 8.71. The normalized spacial score (nSPS) is 23.1. The molecule has 1 aliphatic carbocycles. The molecule has 1 aliphatic heterocycles. The molecule has 2 amide bonds. The second-order valence-electron chi connectivity index (χ2n) is 6.81. The summed E-state index contributed by atoms with van der Waals surface area (Å²) in [5.41, 5.74) is 0.897. The summed E-state index contributed by atoms with van der Waals surface area (Å²) in [4.78, 5) is 26.4. The maximum atomic E-state index is 12.3. The molecule has 1 aromatic heterocycles. The molecule has 23 heavy (non-hydrogen) atoms. The molecule has 3 rings (SSSR count). The topological polar surface area (TPSA) is 67.2 Å². The van der Waals surface area contributed by atoms with Crippen LogP contribution in [0.5, 0.6) is 0 Å². The van der Waals surface area contributed by atoms with Gasteiger partial charge >= 0.3 is 0 Å². The summed E-state index contributed by atoms with van der Waals surface area (Å²) in [5.74, 6) is 0.116. The Morgan fingerprint density at radius 1 is 1.30 bits per heavy atom. The number of amides is 2. The first-order chi connectivity index (χ1) is 11.1. The monoisotopic (exact) mass is 318 g/mol. The molecule has 6 heteroatoms. The zero-order valence-electron chi connectivity index (χ0n) is 13.8. The highest BCUT2D eigenvalue weighted by molar-refractivity contribution is 5.82. The number of hydrogen-bond donors (Lipinski definition) is 1. The van der Waals surface area contributed by atoms with Gasteiger partial charge in [-0.2, -0.15) is 5.10 Å². The van der Waals surface area contributed by atoms with Gasteiger partial charge in [0.2, 0.25) is 11.8 Å². The van der Waals surface area contributed by atoms with E-state index >= 15 is 0 Å². The number of rotatable bonds is 4. The predicted octanol–water partition coefficient (Wildman–Crippen LogP) is 1.63. The molecule has 0 radical (unpaired) electrons. The summed E-state index contributed by atoms with van der Waals surface area (Å²) in [6.07, 6.45) is 9.43. The van der Waals surface area contributed by atoms with Gasteiger partial charge in [0.05, 0.1) is 11.7 Å². The molecule has 6 nitrogen and oxygen atoms in total. The molecular formula is C17H26N4O2. The van der Waals surface area contributed by atoms with Gasteiger partial charge in [-0.3, -0.25) is 14.3 Å². The van der Waals surface area contributed by atoms with Crippen LogP contribution in [0.25, 0.3) is 0 Å². The Balaban J connectivity index is 1.51. The van der Waals surface area contributed by atoms with Crippen molar-refractivity contribution in [2.24, 2.45) is 0 Å². The van der Waals surface area contributed by atoms with E-state index in [2.05, 4.69) is 10.4 Å². The van der Waals surface area contributed by atoms with E-state index in [1.165, 1.54) is 25.7 Å². The van der Waals surface area contributed by atoms with E-state index in [4.69, 9.17) is 0 Å². The maximum Gasteiger partial charge on any atom is 0.242 e. The number of likely N-dealkylation sites (tertiary alicyclic amines) is 1. The van der Waals surface area contributed by atoms with Gasteiger partial charge in [0.25, 0.3) is 0 Å². The van der Waals surface area contributed by atoms with Crippen LogP contribution >= 0.6 is 0 Å².